The third kappa shape index (κ3) is 6.80. The fraction of sp³-hybridized carbons (Fsp3) is 0.0952. The van der Waals surface area contributed by atoms with E-state index in [1.807, 2.05) is 30.3 Å². The van der Waals surface area contributed by atoms with Gasteiger partial charge in [0.15, 0.2) is 18.3 Å². The normalized spacial score (nSPS) is 10.3. The van der Waals surface area contributed by atoms with Gasteiger partial charge in [-0.25, -0.2) is 0 Å². The molecule has 0 spiro atoms. The minimum Gasteiger partial charge on any atom is -0.483 e. The number of carbonyl (C=O) groups excluding carboxylic acids is 2. The molecule has 3 N–H and O–H groups in total. The van der Waals surface area contributed by atoms with E-state index in [-0.39, 0.29) is 18.3 Å². The lowest BCUT2D eigenvalue weighted by Crippen LogP contribution is -2.50. The molecule has 0 saturated carbocycles. The van der Waals surface area contributed by atoms with Crippen LogP contribution in [-0.4, -0.2) is 30.1 Å². The lowest BCUT2D eigenvalue weighted by Gasteiger charge is -2.13. The molecular formula is C21H16Br2ClN3O4S. The van der Waals surface area contributed by atoms with Gasteiger partial charge in [-0.15, -0.1) is 0 Å². The van der Waals surface area contributed by atoms with E-state index in [2.05, 4.69) is 48.0 Å². The average Bonchev–Trinajstić information content (AvgIpc) is 2.77. The van der Waals surface area contributed by atoms with Gasteiger partial charge in [0, 0.05) is 4.47 Å². The predicted octanol–water partition coefficient (Wildman–Crippen LogP) is 4.50. The molecule has 0 saturated heterocycles. The Morgan fingerprint density at radius 1 is 0.906 bits per heavy atom. The molecule has 0 fully saturated rings. The molecule has 0 heterocycles. The highest BCUT2D eigenvalue weighted by molar-refractivity contribution is 9.11. The number of nitrogens with one attached hydrogen (secondary N) is 3. The Labute approximate surface area is 211 Å². The first-order chi connectivity index (χ1) is 15.3. The molecule has 3 aromatic carbocycles. The molecule has 166 valence electrons. The molecule has 3 aromatic rings. The molecule has 0 aliphatic rings. The summed E-state index contributed by atoms with van der Waals surface area (Å²) in [6.07, 6.45) is 0. The first-order valence-corrected chi connectivity index (χ1v) is 11.5. The van der Waals surface area contributed by atoms with Crippen molar-refractivity contribution in [2.75, 3.05) is 13.2 Å². The van der Waals surface area contributed by atoms with Crippen molar-refractivity contribution in [3.8, 4) is 11.5 Å². The minimum atomic E-state index is -0.517. The summed E-state index contributed by atoms with van der Waals surface area (Å²) in [5.41, 5.74) is 4.74. The van der Waals surface area contributed by atoms with Crippen LogP contribution in [0.4, 0.5) is 0 Å². The molecule has 7 nitrogen and oxygen atoms in total. The number of thiocarbonyl (C=S) groups is 1. The monoisotopic (exact) mass is 599 g/mol. The van der Waals surface area contributed by atoms with E-state index in [4.69, 9.17) is 33.3 Å². The Balaban J connectivity index is 1.40. The number of amides is 2. The molecular weight excluding hydrogens is 586 g/mol. The molecule has 0 unspecified atom stereocenters. The van der Waals surface area contributed by atoms with Gasteiger partial charge in [-0.3, -0.25) is 25.8 Å². The van der Waals surface area contributed by atoms with Crippen molar-refractivity contribution < 1.29 is 19.1 Å². The molecule has 32 heavy (non-hydrogen) atoms. The van der Waals surface area contributed by atoms with Crippen molar-refractivity contribution in [3.05, 3.63) is 68.6 Å². The number of rotatable bonds is 6. The molecule has 3 rings (SSSR count). The third-order valence-electron chi connectivity index (χ3n) is 4.01. The van der Waals surface area contributed by atoms with Gasteiger partial charge >= 0.3 is 0 Å². The van der Waals surface area contributed by atoms with Gasteiger partial charge in [-0.05, 0) is 63.2 Å². The van der Waals surface area contributed by atoms with E-state index >= 15 is 0 Å². The van der Waals surface area contributed by atoms with Gasteiger partial charge in [0.25, 0.3) is 11.8 Å². The summed E-state index contributed by atoms with van der Waals surface area (Å²) in [4.78, 5) is 24.0. The van der Waals surface area contributed by atoms with Crippen molar-refractivity contribution in [1.29, 1.82) is 0 Å². The number of ether oxygens (including phenoxy) is 2. The largest absolute Gasteiger partial charge is 0.483 e. The number of hydrogen-bond acceptors (Lipinski definition) is 5. The number of carbonyl (C=O) groups is 2. The molecule has 0 atom stereocenters. The SMILES string of the molecule is O=C(COc1ccc(Br)cc1Cl)NNC(=S)NC(=O)COc1ccc2ccccc2c1Br. The predicted molar refractivity (Wildman–Crippen MR) is 134 cm³/mol. The fourth-order valence-corrected chi connectivity index (χ4v) is 4.06. The maximum atomic E-state index is 12.1. The van der Waals surface area contributed by atoms with E-state index in [1.54, 1.807) is 24.3 Å². The van der Waals surface area contributed by atoms with Crippen LogP contribution in [0.1, 0.15) is 0 Å². The van der Waals surface area contributed by atoms with Gasteiger partial charge in [0.1, 0.15) is 11.5 Å². The lowest BCUT2D eigenvalue weighted by atomic mass is 10.1. The van der Waals surface area contributed by atoms with Gasteiger partial charge in [-0.1, -0.05) is 57.9 Å². The van der Waals surface area contributed by atoms with Gasteiger partial charge in [0.2, 0.25) is 0 Å². The first-order valence-electron chi connectivity index (χ1n) is 9.10. The topological polar surface area (TPSA) is 88.7 Å². The second kappa shape index (κ2) is 11.5. The van der Waals surface area contributed by atoms with E-state index in [1.165, 1.54) is 0 Å². The zero-order chi connectivity index (χ0) is 23.1. The summed E-state index contributed by atoms with van der Waals surface area (Å²) in [6.45, 7) is -0.568. The Hall–Kier alpha value is -2.40. The van der Waals surface area contributed by atoms with Crippen molar-refractivity contribution >= 4 is 83.4 Å². The highest BCUT2D eigenvalue weighted by Crippen LogP contribution is 2.33. The van der Waals surface area contributed by atoms with Crippen molar-refractivity contribution in [3.63, 3.8) is 0 Å². The van der Waals surface area contributed by atoms with Crippen LogP contribution < -0.4 is 25.6 Å². The van der Waals surface area contributed by atoms with Crippen LogP contribution in [0.15, 0.2) is 63.5 Å². The minimum absolute atomic E-state index is 0.0915. The van der Waals surface area contributed by atoms with Crippen LogP contribution in [0, 0.1) is 0 Å². The molecule has 0 aliphatic carbocycles. The zero-order valence-electron chi connectivity index (χ0n) is 16.3. The summed E-state index contributed by atoms with van der Waals surface area (Å²) >= 11 is 17.8. The van der Waals surface area contributed by atoms with E-state index < -0.39 is 11.8 Å². The summed E-state index contributed by atoms with van der Waals surface area (Å²) < 4.78 is 12.4. The summed E-state index contributed by atoms with van der Waals surface area (Å²) in [5, 5.41) is 4.70. The molecule has 0 aromatic heterocycles. The van der Waals surface area contributed by atoms with Crippen molar-refractivity contribution in [1.82, 2.24) is 16.2 Å². The van der Waals surface area contributed by atoms with Crippen molar-refractivity contribution in [2.45, 2.75) is 0 Å². The molecule has 11 heteroatoms. The molecule has 0 radical (unpaired) electrons. The summed E-state index contributed by atoms with van der Waals surface area (Å²) in [5.74, 6) is -0.126. The standard InChI is InChI=1S/C21H16Br2ClN3O4S/c22-13-6-8-16(15(24)9-13)30-11-19(29)26-27-21(32)25-18(28)10-31-17-7-5-12-3-1-2-4-14(12)20(17)23/h1-9H,10-11H2,(H,26,29)(H2,25,27,28,32). The number of hydrazine groups is 1. The van der Waals surface area contributed by atoms with Gasteiger partial charge < -0.3 is 9.47 Å². The van der Waals surface area contributed by atoms with Gasteiger partial charge in [0.05, 0.1) is 9.50 Å². The zero-order valence-corrected chi connectivity index (χ0v) is 21.0. The third-order valence-corrected chi connectivity index (χ3v) is 5.82. The number of halogens is 3. The Bertz CT molecular complexity index is 1180. The van der Waals surface area contributed by atoms with Crippen LogP contribution in [-0.2, 0) is 9.59 Å². The van der Waals surface area contributed by atoms with E-state index in [0.29, 0.717) is 16.5 Å². The van der Waals surface area contributed by atoms with Crippen molar-refractivity contribution in [2.24, 2.45) is 0 Å². The molecule has 2 amide bonds. The number of benzene rings is 3. The van der Waals surface area contributed by atoms with Crippen LogP contribution >= 0.6 is 55.7 Å². The Morgan fingerprint density at radius 3 is 2.38 bits per heavy atom. The number of fused-ring (bicyclic) bond motifs is 1. The van der Waals surface area contributed by atoms with E-state index in [9.17, 15) is 9.59 Å². The van der Waals surface area contributed by atoms with E-state index in [0.717, 1.165) is 19.7 Å². The van der Waals surface area contributed by atoms with Crippen LogP contribution in [0.2, 0.25) is 5.02 Å². The number of hydrogen-bond donors (Lipinski definition) is 3. The van der Waals surface area contributed by atoms with Crippen LogP contribution in [0.25, 0.3) is 10.8 Å². The molecule has 0 aliphatic heterocycles. The first kappa shape index (κ1) is 24.2. The average molecular weight is 602 g/mol. The quantitative estimate of drug-likeness (QED) is 0.285. The van der Waals surface area contributed by atoms with Crippen LogP contribution in [0.5, 0.6) is 11.5 Å². The Morgan fingerprint density at radius 2 is 1.59 bits per heavy atom. The second-order valence-corrected chi connectivity index (χ2v) is 8.83. The highest BCUT2D eigenvalue weighted by atomic mass is 79.9. The highest BCUT2D eigenvalue weighted by Gasteiger charge is 2.11. The maximum Gasteiger partial charge on any atom is 0.276 e. The lowest BCUT2D eigenvalue weighted by molar-refractivity contribution is -0.124. The smallest absolute Gasteiger partial charge is 0.276 e. The van der Waals surface area contributed by atoms with Crippen LogP contribution in [0.3, 0.4) is 0 Å². The van der Waals surface area contributed by atoms with Gasteiger partial charge in [-0.2, -0.15) is 0 Å². The molecule has 0 bridgehead atoms. The summed E-state index contributed by atoms with van der Waals surface area (Å²) in [6, 6.07) is 16.5. The second-order valence-electron chi connectivity index (χ2n) is 6.30. The maximum absolute atomic E-state index is 12.1. The fourth-order valence-electron chi connectivity index (χ4n) is 2.56. The summed E-state index contributed by atoms with van der Waals surface area (Å²) in [7, 11) is 0. The Kier molecular flexibility index (Phi) is 8.68.